The van der Waals surface area contributed by atoms with E-state index in [0.29, 0.717) is 5.92 Å². The van der Waals surface area contributed by atoms with Crippen molar-refractivity contribution in [2.24, 2.45) is 0 Å². The van der Waals surface area contributed by atoms with Gasteiger partial charge >= 0.3 is 6.03 Å². The van der Waals surface area contributed by atoms with Gasteiger partial charge in [-0.25, -0.2) is 4.79 Å². The van der Waals surface area contributed by atoms with Crippen LogP contribution in [0.25, 0.3) is 0 Å². The third-order valence-electron chi connectivity index (χ3n) is 3.00. The highest BCUT2D eigenvalue weighted by Gasteiger charge is 2.07. The van der Waals surface area contributed by atoms with Crippen LogP contribution in [-0.2, 0) is 0 Å². The van der Waals surface area contributed by atoms with Crippen LogP contribution in [0.3, 0.4) is 0 Å². The van der Waals surface area contributed by atoms with Crippen molar-refractivity contribution < 1.29 is 9.90 Å². The van der Waals surface area contributed by atoms with Crippen LogP contribution >= 0.6 is 0 Å². The highest BCUT2D eigenvalue weighted by Crippen LogP contribution is 2.20. The molecule has 0 saturated carbocycles. The SMILES string of the molecule is CC[C@@H](C)c1ccc(NC(=O)N[C@@H](C)CO)cc1. The molecule has 1 rings (SSSR count). The molecule has 4 heteroatoms. The van der Waals surface area contributed by atoms with Crippen molar-refractivity contribution in [1.82, 2.24) is 5.32 Å². The van der Waals surface area contributed by atoms with E-state index in [2.05, 4.69) is 24.5 Å². The number of hydrogen-bond donors (Lipinski definition) is 3. The quantitative estimate of drug-likeness (QED) is 0.752. The van der Waals surface area contributed by atoms with Crippen molar-refractivity contribution >= 4 is 11.7 Å². The Balaban J connectivity index is 2.55. The van der Waals surface area contributed by atoms with E-state index < -0.39 is 0 Å². The van der Waals surface area contributed by atoms with E-state index in [4.69, 9.17) is 5.11 Å². The van der Waals surface area contributed by atoms with Crippen LogP contribution in [0.1, 0.15) is 38.7 Å². The summed E-state index contributed by atoms with van der Waals surface area (Å²) in [6.45, 7) is 6.00. The number of anilines is 1. The zero-order chi connectivity index (χ0) is 13.5. The number of carbonyl (C=O) groups excluding carboxylic acids is 1. The van der Waals surface area contributed by atoms with Crippen LogP contribution in [0.15, 0.2) is 24.3 Å². The van der Waals surface area contributed by atoms with Gasteiger partial charge in [0.25, 0.3) is 0 Å². The maximum absolute atomic E-state index is 11.5. The summed E-state index contributed by atoms with van der Waals surface area (Å²) in [5, 5.41) is 14.2. The molecule has 0 unspecified atom stereocenters. The van der Waals surface area contributed by atoms with Crippen LogP contribution < -0.4 is 10.6 Å². The van der Waals surface area contributed by atoms with E-state index in [1.54, 1.807) is 6.92 Å². The maximum Gasteiger partial charge on any atom is 0.319 e. The molecule has 18 heavy (non-hydrogen) atoms. The molecular weight excluding hydrogens is 228 g/mol. The fourth-order valence-electron chi connectivity index (χ4n) is 1.57. The van der Waals surface area contributed by atoms with Gasteiger partial charge in [-0.3, -0.25) is 0 Å². The molecule has 2 amide bonds. The maximum atomic E-state index is 11.5. The van der Waals surface area contributed by atoms with Crippen molar-refractivity contribution in [1.29, 1.82) is 0 Å². The smallest absolute Gasteiger partial charge is 0.319 e. The van der Waals surface area contributed by atoms with E-state index in [-0.39, 0.29) is 18.7 Å². The Morgan fingerprint density at radius 2 is 1.89 bits per heavy atom. The fraction of sp³-hybridized carbons (Fsp3) is 0.500. The van der Waals surface area contributed by atoms with Gasteiger partial charge in [-0.2, -0.15) is 0 Å². The molecule has 0 fully saturated rings. The lowest BCUT2D eigenvalue weighted by molar-refractivity contribution is 0.229. The molecule has 0 heterocycles. The van der Waals surface area contributed by atoms with E-state index >= 15 is 0 Å². The minimum absolute atomic E-state index is 0.0691. The summed E-state index contributed by atoms with van der Waals surface area (Å²) >= 11 is 0. The molecule has 0 saturated heterocycles. The lowest BCUT2D eigenvalue weighted by Crippen LogP contribution is -2.38. The van der Waals surface area contributed by atoms with Gasteiger partial charge in [0.15, 0.2) is 0 Å². The summed E-state index contributed by atoms with van der Waals surface area (Å²) in [5.41, 5.74) is 2.02. The molecule has 0 bridgehead atoms. The van der Waals surface area contributed by atoms with Crippen LogP contribution in [0.4, 0.5) is 10.5 Å². The Bertz CT molecular complexity index is 376. The van der Waals surface area contributed by atoms with Crippen LogP contribution in [0.5, 0.6) is 0 Å². The summed E-state index contributed by atoms with van der Waals surface area (Å²) in [5.74, 6) is 0.530. The van der Waals surface area contributed by atoms with Gasteiger partial charge in [0, 0.05) is 5.69 Å². The molecule has 0 spiro atoms. The van der Waals surface area contributed by atoms with Gasteiger partial charge in [0.1, 0.15) is 0 Å². The predicted octanol–water partition coefficient (Wildman–Crippen LogP) is 2.70. The molecule has 2 atom stereocenters. The van der Waals surface area contributed by atoms with Gasteiger partial charge in [-0.05, 0) is 37.0 Å². The van der Waals surface area contributed by atoms with Crippen LogP contribution in [0.2, 0.25) is 0 Å². The van der Waals surface area contributed by atoms with Gasteiger partial charge in [-0.15, -0.1) is 0 Å². The van der Waals surface area contributed by atoms with Crippen LogP contribution in [-0.4, -0.2) is 23.8 Å². The van der Waals surface area contributed by atoms with Crippen molar-refractivity contribution in [2.75, 3.05) is 11.9 Å². The van der Waals surface area contributed by atoms with E-state index in [9.17, 15) is 4.79 Å². The first-order valence-electron chi connectivity index (χ1n) is 6.35. The average molecular weight is 250 g/mol. The van der Waals surface area contributed by atoms with Crippen molar-refractivity contribution in [3.8, 4) is 0 Å². The normalized spacial score (nSPS) is 13.8. The van der Waals surface area contributed by atoms with E-state index in [0.717, 1.165) is 12.1 Å². The third kappa shape index (κ3) is 4.37. The standard InChI is InChI=1S/C14H22N2O2/c1-4-10(2)12-5-7-13(8-6-12)16-14(18)15-11(3)9-17/h5-8,10-11,17H,4,9H2,1-3H3,(H2,15,16,18)/t10-,11+/m1/s1. The summed E-state index contributed by atoms with van der Waals surface area (Å²) in [6.07, 6.45) is 1.10. The summed E-state index contributed by atoms with van der Waals surface area (Å²) in [6, 6.07) is 7.30. The second-order valence-corrected chi connectivity index (χ2v) is 4.61. The first kappa shape index (κ1) is 14.5. The number of aliphatic hydroxyl groups excluding tert-OH is 1. The number of rotatable bonds is 5. The Hall–Kier alpha value is -1.55. The minimum Gasteiger partial charge on any atom is -0.394 e. The highest BCUT2D eigenvalue weighted by molar-refractivity contribution is 5.89. The second-order valence-electron chi connectivity index (χ2n) is 4.61. The molecular formula is C14H22N2O2. The topological polar surface area (TPSA) is 61.4 Å². The molecule has 100 valence electrons. The van der Waals surface area contributed by atoms with Gasteiger partial charge in [0.05, 0.1) is 12.6 Å². The lowest BCUT2D eigenvalue weighted by atomic mass is 9.99. The number of amides is 2. The van der Waals surface area contributed by atoms with Crippen molar-refractivity contribution in [2.45, 2.75) is 39.2 Å². The molecule has 4 nitrogen and oxygen atoms in total. The largest absolute Gasteiger partial charge is 0.394 e. The number of hydrogen-bond acceptors (Lipinski definition) is 2. The lowest BCUT2D eigenvalue weighted by Gasteiger charge is -2.13. The number of urea groups is 1. The molecule has 0 radical (unpaired) electrons. The third-order valence-corrected chi connectivity index (χ3v) is 3.00. The van der Waals surface area contributed by atoms with E-state index in [1.165, 1.54) is 5.56 Å². The zero-order valence-corrected chi connectivity index (χ0v) is 11.2. The summed E-state index contributed by atoms with van der Waals surface area (Å²) < 4.78 is 0. The number of benzene rings is 1. The second kappa shape index (κ2) is 7.01. The van der Waals surface area contributed by atoms with Crippen molar-refractivity contribution in [3.63, 3.8) is 0 Å². The summed E-state index contributed by atoms with van der Waals surface area (Å²) in [7, 11) is 0. The average Bonchev–Trinajstić information content (AvgIpc) is 2.38. The number of carbonyl (C=O) groups is 1. The Morgan fingerprint density at radius 3 is 2.39 bits per heavy atom. The Labute approximate surface area is 108 Å². The monoisotopic (exact) mass is 250 g/mol. The zero-order valence-electron chi connectivity index (χ0n) is 11.2. The Kier molecular flexibility index (Phi) is 5.65. The molecule has 1 aromatic rings. The molecule has 3 N–H and O–H groups in total. The molecule has 0 aliphatic heterocycles. The molecule has 0 aromatic heterocycles. The highest BCUT2D eigenvalue weighted by atomic mass is 16.3. The first-order chi connectivity index (χ1) is 8.56. The van der Waals surface area contributed by atoms with Crippen molar-refractivity contribution in [3.05, 3.63) is 29.8 Å². The Morgan fingerprint density at radius 1 is 1.28 bits per heavy atom. The van der Waals surface area contributed by atoms with Gasteiger partial charge in [-0.1, -0.05) is 26.0 Å². The first-order valence-corrected chi connectivity index (χ1v) is 6.35. The van der Waals surface area contributed by atoms with Gasteiger partial charge in [0.2, 0.25) is 0 Å². The van der Waals surface area contributed by atoms with Gasteiger partial charge < -0.3 is 15.7 Å². The minimum atomic E-state index is -0.298. The number of aliphatic hydroxyl groups is 1. The molecule has 0 aliphatic rings. The van der Waals surface area contributed by atoms with Crippen LogP contribution in [0, 0.1) is 0 Å². The number of nitrogens with one attached hydrogen (secondary N) is 2. The predicted molar refractivity (Wildman–Crippen MR) is 73.9 cm³/mol. The fourth-order valence-corrected chi connectivity index (χ4v) is 1.57. The van der Waals surface area contributed by atoms with E-state index in [1.807, 2.05) is 24.3 Å². The molecule has 0 aliphatic carbocycles. The molecule has 1 aromatic carbocycles. The summed E-state index contributed by atoms with van der Waals surface area (Å²) in [4.78, 5) is 11.5.